The van der Waals surface area contributed by atoms with Crippen LogP contribution in [-0.2, 0) is 14.3 Å². The summed E-state index contributed by atoms with van der Waals surface area (Å²) in [5.41, 5.74) is 1.06. The fraction of sp³-hybridized carbons (Fsp3) is 0.222. The molecular weight excluding hydrogens is 283 g/mol. The van der Waals surface area contributed by atoms with Crippen LogP contribution in [0.4, 0.5) is 0 Å². The molecule has 0 aromatic heterocycles. The monoisotopic (exact) mass is 292 g/mol. The summed E-state index contributed by atoms with van der Waals surface area (Å²) in [5.74, 6) is -0.274. The van der Waals surface area contributed by atoms with Crippen molar-refractivity contribution < 1.29 is 11.3 Å². The number of carbonyl (C=O) groups is 1. The van der Waals surface area contributed by atoms with Crippen LogP contribution in [0, 0.1) is 3.57 Å². The summed E-state index contributed by atoms with van der Waals surface area (Å²) >= 11 is -2.62. The zero-order valence-electron chi connectivity index (χ0n) is 6.87. The molecule has 1 N–H and O–H groups in total. The fourth-order valence-corrected chi connectivity index (χ4v) is 3.74. The molecule has 1 aromatic rings. The molecule has 0 radical (unpaired) electrons. The first-order valence-electron chi connectivity index (χ1n) is 3.96. The van der Waals surface area contributed by atoms with Gasteiger partial charge in [-0.15, -0.1) is 0 Å². The maximum atomic E-state index is 11.0. The molecule has 1 heterocycles. The Bertz CT molecular complexity index is 337. The molecule has 1 aliphatic heterocycles. The summed E-state index contributed by atoms with van der Waals surface area (Å²) in [6.07, 6.45) is 1.06. The van der Waals surface area contributed by atoms with E-state index in [2.05, 4.69) is 0 Å². The molecule has 0 fully saturated rings. The second-order valence-electron chi connectivity index (χ2n) is 2.77. The third-order valence-electron chi connectivity index (χ3n) is 1.89. The van der Waals surface area contributed by atoms with Crippen LogP contribution in [-0.4, -0.2) is 9.41 Å². The summed E-state index contributed by atoms with van der Waals surface area (Å²) < 4.78 is 15.4. The first kappa shape index (κ1) is 8.96. The van der Waals surface area contributed by atoms with Crippen LogP contribution in [0.3, 0.4) is 0 Å². The van der Waals surface area contributed by atoms with Crippen LogP contribution in [0.5, 0.6) is 0 Å². The standard InChI is InChI=1S/C9H9IO3/c11-9-6-5-7-3-1-2-4-8(7)10(12)13-9/h1-4,12H,5-6H2. The molecule has 0 atom stereocenters. The number of fused-ring (bicyclic) bond motifs is 1. The maximum absolute atomic E-state index is 11.0. The zero-order chi connectivity index (χ0) is 9.26. The number of halogens is 1. The van der Waals surface area contributed by atoms with E-state index in [-0.39, 0.29) is 5.97 Å². The van der Waals surface area contributed by atoms with E-state index in [4.69, 9.17) is 3.07 Å². The van der Waals surface area contributed by atoms with Gasteiger partial charge < -0.3 is 0 Å². The second-order valence-corrected chi connectivity index (χ2v) is 5.69. The van der Waals surface area contributed by atoms with Gasteiger partial charge in [-0.2, -0.15) is 0 Å². The minimum absolute atomic E-state index is 0.274. The molecule has 13 heavy (non-hydrogen) atoms. The van der Waals surface area contributed by atoms with E-state index in [0.29, 0.717) is 12.8 Å². The molecule has 1 aliphatic rings. The molecule has 0 spiro atoms. The Morgan fingerprint density at radius 3 is 2.92 bits per heavy atom. The Hall–Kier alpha value is -0.620. The van der Waals surface area contributed by atoms with Crippen molar-refractivity contribution >= 4 is 26.6 Å². The van der Waals surface area contributed by atoms with Crippen molar-refractivity contribution in [2.75, 3.05) is 0 Å². The number of carbonyl (C=O) groups excluding carboxylic acids is 1. The Labute approximate surface area is 84.2 Å². The van der Waals surface area contributed by atoms with Gasteiger partial charge in [-0.25, -0.2) is 0 Å². The number of hydrogen-bond donors (Lipinski definition) is 1. The number of hydrogen-bond acceptors (Lipinski definition) is 3. The van der Waals surface area contributed by atoms with Gasteiger partial charge in [0.25, 0.3) is 0 Å². The summed E-state index contributed by atoms with van der Waals surface area (Å²) in [7, 11) is 0. The zero-order valence-corrected chi connectivity index (χ0v) is 9.02. The summed E-state index contributed by atoms with van der Waals surface area (Å²) in [6, 6.07) is 7.56. The van der Waals surface area contributed by atoms with Crippen LogP contribution < -0.4 is 0 Å². The normalized spacial score (nSPS) is 18.8. The minimum atomic E-state index is -2.62. The molecule has 3 nitrogen and oxygen atoms in total. The quantitative estimate of drug-likeness (QED) is 0.740. The van der Waals surface area contributed by atoms with E-state index in [0.717, 1.165) is 9.13 Å². The van der Waals surface area contributed by atoms with Crippen molar-refractivity contribution in [3.05, 3.63) is 33.4 Å². The third kappa shape index (κ3) is 1.83. The molecule has 2 rings (SSSR count). The summed E-state index contributed by atoms with van der Waals surface area (Å²) in [5, 5.41) is 0. The SMILES string of the molecule is O=C1CCc2ccccc2I(O)O1. The Morgan fingerprint density at radius 2 is 2.08 bits per heavy atom. The van der Waals surface area contributed by atoms with Gasteiger partial charge in [0.15, 0.2) is 0 Å². The average molecular weight is 292 g/mol. The molecule has 0 amide bonds. The van der Waals surface area contributed by atoms with Gasteiger partial charge in [0.1, 0.15) is 0 Å². The van der Waals surface area contributed by atoms with Crippen LogP contribution in [0.15, 0.2) is 24.3 Å². The van der Waals surface area contributed by atoms with Gasteiger partial charge in [0, 0.05) is 0 Å². The van der Waals surface area contributed by atoms with Crippen molar-refractivity contribution in [2.45, 2.75) is 12.8 Å². The van der Waals surface area contributed by atoms with Crippen molar-refractivity contribution in [2.24, 2.45) is 0 Å². The fourth-order valence-electron chi connectivity index (χ4n) is 1.26. The number of benzene rings is 1. The summed E-state index contributed by atoms with van der Waals surface area (Å²) in [6.45, 7) is 0. The number of rotatable bonds is 0. The van der Waals surface area contributed by atoms with Gasteiger partial charge >= 0.3 is 84.2 Å². The molecule has 0 unspecified atom stereocenters. The predicted molar refractivity (Wildman–Crippen MR) is 55.8 cm³/mol. The van der Waals surface area contributed by atoms with Gasteiger partial charge in [-0.1, -0.05) is 0 Å². The Kier molecular flexibility index (Phi) is 2.50. The third-order valence-corrected chi connectivity index (χ3v) is 4.84. The molecular formula is C9H9IO3. The van der Waals surface area contributed by atoms with Crippen LogP contribution >= 0.6 is 20.6 Å². The Morgan fingerprint density at radius 1 is 1.31 bits per heavy atom. The van der Waals surface area contributed by atoms with E-state index >= 15 is 0 Å². The van der Waals surface area contributed by atoms with Gasteiger partial charge in [0.2, 0.25) is 0 Å². The van der Waals surface area contributed by atoms with Crippen molar-refractivity contribution in [3.63, 3.8) is 0 Å². The first-order chi connectivity index (χ1) is 6.27. The van der Waals surface area contributed by atoms with Crippen molar-refractivity contribution in [3.8, 4) is 0 Å². The van der Waals surface area contributed by atoms with E-state index in [1.165, 1.54) is 0 Å². The molecule has 4 heteroatoms. The number of aryl methyl sites for hydroxylation is 1. The second kappa shape index (κ2) is 3.63. The van der Waals surface area contributed by atoms with E-state index in [9.17, 15) is 8.23 Å². The molecule has 0 saturated carbocycles. The molecule has 0 bridgehead atoms. The first-order valence-corrected chi connectivity index (χ1v) is 6.88. The van der Waals surface area contributed by atoms with Gasteiger partial charge in [-0.3, -0.25) is 0 Å². The predicted octanol–water partition coefficient (Wildman–Crippen LogP) is 1.67. The molecule has 0 aliphatic carbocycles. The molecule has 70 valence electrons. The molecule has 0 saturated heterocycles. The van der Waals surface area contributed by atoms with Gasteiger partial charge in [0.05, 0.1) is 0 Å². The molecule has 1 aromatic carbocycles. The van der Waals surface area contributed by atoms with Crippen LogP contribution in [0.2, 0.25) is 0 Å². The average Bonchev–Trinajstić information content (AvgIpc) is 2.27. The van der Waals surface area contributed by atoms with Gasteiger partial charge in [-0.05, 0) is 0 Å². The van der Waals surface area contributed by atoms with E-state index in [1.54, 1.807) is 0 Å². The summed E-state index contributed by atoms with van der Waals surface area (Å²) in [4.78, 5) is 11.0. The van der Waals surface area contributed by atoms with Crippen molar-refractivity contribution in [1.29, 1.82) is 0 Å². The van der Waals surface area contributed by atoms with Crippen LogP contribution in [0.25, 0.3) is 0 Å². The topological polar surface area (TPSA) is 46.5 Å². The van der Waals surface area contributed by atoms with E-state index < -0.39 is 20.6 Å². The van der Waals surface area contributed by atoms with E-state index in [1.807, 2.05) is 24.3 Å². The van der Waals surface area contributed by atoms with Crippen molar-refractivity contribution in [1.82, 2.24) is 0 Å². The Balaban J connectivity index is 2.40. The van der Waals surface area contributed by atoms with Crippen LogP contribution in [0.1, 0.15) is 12.0 Å².